The highest BCUT2D eigenvalue weighted by Gasteiger charge is 2.40. The quantitative estimate of drug-likeness (QED) is 0.631. The Bertz CT molecular complexity index is 668. The van der Waals surface area contributed by atoms with E-state index in [0.717, 1.165) is 4.90 Å². The standard InChI is InChI=1S/C15H14ClNO5/c1-3-21-14(19)12(16)11-9-7-5-6-8-10(9)17(13(11)18)15(20)22-4-2/h5-8H,3-4H2,1-2H3/b12-11+. The van der Waals surface area contributed by atoms with Crippen molar-refractivity contribution >= 4 is 40.8 Å². The number of benzene rings is 1. The van der Waals surface area contributed by atoms with E-state index in [1.54, 1.807) is 38.1 Å². The van der Waals surface area contributed by atoms with Gasteiger partial charge in [-0.05, 0) is 19.9 Å². The Morgan fingerprint density at radius 3 is 2.41 bits per heavy atom. The van der Waals surface area contributed by atoms with Gasteiger partial charge in [-0.15, -0.1) is 0 Å². The molecular weight excluding hydrogens is 310 g/mol. The first kappa shape index (κ1) is 16.0. The summed E-state index contributed by atoms with van der Waals surface area (Å²) < 4.78 is 9.68. The highest BCUT2D eigenvalue weighted by atomic mass is 35.5. The minimum absolute atomic E-state index is 0.0660. The summed E-state index contributed by atoms with van der Waals surface area (Å²) in [6.07, 6.45) is -0.816. The lowest BCUT2D eigenvalue weighted by molar-refractivity contribution is -0.137. The molecule has 0 saturated heterocycles. The average molecular weight is 324 g/mol. The summed E-state index contributed by atoms with van der Waals surface area (Å²) in [6, 6.07) is 6.52. The molecule has 0 N–H and O–H groups in total. The molecule has 0 aliphatic carbocycles. The first-order chi connectivity index (χ1) is 10.5. The van der Waals surface area contributed by atoms with E-state index in [4.69, 9.17) is 21.1 Å². The second kappa shape index (κ2) is 6.62. The topological polar surface area (TPSA) is 72.9 Å². The maximum absolute atomic E-state index is 12.5. The highest BCUT2D eigenvalue weighted by Crippen LogP contribution is 2.39. The maximum atomic E-state index is 12.5. The van der Waals surface area contributed by atoms with Gasteiger partial charge in [0.2, 0.25) is 0 Å². The zero-order valence-corrected chi connectivity index (χ0v) is 12.8. The summed E-state index contributed by atoms with van der Waals surface area (Å²) in [5, 5.41) is -0.355. The SMILES string of the molecule is CCOC(=O)/C(Cl)=C1\C(=O)N(C(=O)OCC)c2ccccc21. The molecule has 7 heteroatoms. The Balaban J connectivity index is 2.55. The normalized spacial score (nSPS) is 15.4. The molecule has 0 spiro atoms. The van der Waals surface area contributed by atoms with Crippen LogP contribution in [0.25, 0.3) is 5.57 Å². The summed E-state index contributed by atoms with van der Waals surface area (Å²) in [4.78, 5) is 37.1. The number of nitrogens with zero attached hydrogens (tertiary/aromatic N) is 1. The molecule has 22 heavy (non-hydrogen) atoms. The number of amides is 2. The van der Waals surface area contributed by atoms with E-state index in [9.17, 15) is 14.4 Å². The molecule has 0 radical (unpaired) electrons. The Labute approximate surface area is 132 Å². The molecular formula is C15H14ClNO5. The number of esters is 1. The van der Waals surface area contributed by atoms with Crippen molar-refractivity contribution in [2.24, 2.45) is 0 Å². The number of anilines is 1. The van der Waals surface area contributed by atoms with Crippen LogP contribution in [0.5, 0.6) is 0 Å². The van der Waals surface area contributed by atoms with Crippen molar-refractivity contribution in [1.82, 2.24) is 0 Å². The van der Waals surface area contributed by atoms with Crippen molar-refractivity contribution in [3.63, 3.8) is 0 Å². The van der Waals surface area contributed by atoms with Gasteiger partial charge in [-0.2, -0.15) is 0 Å². The molecule has 116 valence electrons. The van der Waals surface area contributed by atoms with Gasteiger partial charge < -0.3 is 9.47 Å². The zero-order chi connectivity index (χ0) is 16.3. The van der Waals surface area contributed by atoms with E-state index in [-0.39, 0.29) is 23.8 Å². The van der Waals surface area contributed by atoms with E-state index in [2.05, 4.69) is 0 Å². The number of hydrogen-bond acceptors (Lipinski definition) is 5. The molecule has 1 aromatic carbocycles. The van der Waals surface area contributed by atoms with Gasteiger partial charge in [0.25, 0.3) is 5.91 Å². The molecule has 0 saturated carbocycles. The summed E-state index contributed by atoms with van der Waals surface area (Å²) in [6.45, 7) is 3.50. The number of carbonyl (C=O) groups is 3. The Kier molecular flexibility index (Phi) is 4.82. The minimum Gasteiger partial charge on any atom is -0.462 e. The third-order valence-corrected chi connectivity index (χ3v) is 3.30. The fraction of sp³-hybridized carbons (Fsp3) is 0.267. The number of fused-ring (bicyclic) bond motifs is 1. The van der Waals surface area contributed by atoms with E-state index in [1.807, 2.05) is 0 Å². The predicted octanol–water partition coefficient (Wildman–Crippen LogP) is 2.70. The molecule has 1 heterocycles. The first-order valence-corrected chi connectivity index (χ1v) is 7.08. The van der Waals surface area contributed by atoms with Crippen LogP contribution in [0.3, 0.4) is 0 Å². The summed E-state index contributed by atoms with van der Waals surface area (Å²) in [7, 11) is 0. The van der Waals surface area contributed by atoms with Gasteiger partial charge in [0.05, 0.1) is 24.5 Å². The minimum atomic E-state index is -0.816. The summed E-state index contributed by atoms with van der Waals surface area (Å²) >= 11 is 5.99. The van der Waals surface area contributed by atoms with E-state index in [0.29, 0.717) is 11.3 Å². The lowest BCUT2D eigenvalue weighted by atomic mass is 10.1. The van der Waals surface area contributed by atoms with Crippen LogP contribution in [0, 0.1) is 0 Å². The second-order valence-corrected chi connectivity index (χ2v) is 4.64. The predicted molar refractivity (Wildman–Crippen MR) is 80.4 cm³/mol. The third kappa shape index (κ3) is 2.69. The zero-order valence-electron chi connectivity index (χ0n) is 12.1. The van der Waals surface area contributed by atoms with Crippen LogP contribution in [0.1, 0.15) is 19.4 Å². The second-order valence-electron chi connectivity index (χ2n) is 4.27. The molecule has 0 aromatic heterocycles. The molecule has 1 aliphatic rings. The van der Waals surface area contributed by atoms with Crippen LogP contribution < -0.4 is 4.90 Å². The number of halogens is 1. The van der Waals surface area contributed by atoms with Crippen LogP contribution in [-0.4, -0.2) is 31.2 Å². The largest absolute Gasteiger partial charge is 0.462 e. The molecule has 0 fully saturated rings. The van der Waals surface area contributed by atoms with E-state index >= 15 is 0 Å². The fourth-order valence-corrected chi connectivity index (χ4v) is 2.33. The first-order valence-electron chi connectivity index (χ1n) is 6.70. The van der Waals surface area contributed by atoms with Crippen LogP contribution in [-0.2, 0) is 19.1 Å². The number of hydrogen-bond donors (Lipinski definition) is 0. The monoisotopic (exact) mass is 323 g/mol. The molecule has 2 amide bonds. The Hall–Kier alpha value is -2.34. The van der Waals surface area contributed by atoms with Gasteiger partial charge >= 0.3 is 12.1 Å². The number of rotatable bonds is 3. The van der Waals surface area contributed by atoms with Crippen LogP contribution in [0.15, 0.2) is 29.3 Å². The number of carbonyl (C=O) groups excluding carboxylic acids is 3. The number of ether oxygens (including phenoxy) is 2. The maximum Gasteiger partial charge on any atom is 0.421 e. The highest BCUT2D eigenvalue weighted by molar-refractivity contribution is 6.53. The number of imide groups is 1. The van der Waals surface area contributed by atoms with Crippen LogP contribution >= 0.6 is 11.6 Å². The Morgan fingerprint density at radius 1 is 1.14 bits per heavy atom. The van der Waals surface area contributed by atoms with Gasteiger partial charge in [-0.3, -0.25) is 4.79 Å². The molecule has 0 atom stereocenters. The van der Waals surface area contributed by atoms with Crippen LogP contribution in [0.2, 0.25) is 0 Å². The van der Waals surface area contributed by atoms with Crippen LogP contribution in [0.4, 0.5) is 10.5 Å². The van der Waals surface area contributed by atoms with Crippen molar-refractivity contribution in [2.45, 2.75) is 13.8 Å². The van der Waals surface area contributed by atoms with E-state index in [1.165, 1.54) is 0 Å². The van der Waals surface area contributed by atoms with Gasteiger partial charge in [0.15, 0.2) is 0 Å². The Morgan fingerprint density at radius 2 is 1.77 bits per heavy atom. The van der Waals surface area contributed by atoms with Crippen molar-refractivity contribution < 1.29 is 23.9 Å². The molecule has 0 bridgehead atoms. The van der Waals surface area contributed by atoms with Gasteiger partial charge in [-0.25, -0.2) is 14.5 Å². The lowest BCUT2D eigenvalue weighted by Crippen LogP contribution is -2.34. The van der Waals surface area contributed by atoms with Gasteiger partial charge in [-0.1, -0.05) is 29.8 Å². The molecule has 1 aromatic rings. The molecule has 1 aliphatic heterocycles. The molecule has 2 rings (SSSR count). The van der Waals surface area contributed by atoms with Gasteiger partial charge in [0, 0.05) is 5.56 Å². The lowest BCUT2D eigenvalue weighted by Gasteiger charge is -2.13. The van der Waals surface area contributed by atoms with Crippen molar-refractivity contribution in [3.8, 4) is 0 Å². The fourth-order valence-electron chi connectivity index (χ4n) is 2.09. The summed E-state index contributed by atoms with van der Waals surface area (Å²) in [5.74, 6) is -1.52. The van der Waals surface area contributed by atoms with Crippen molar-refractivity contribution in [1.29, 1.82) is 0 Å². The third-order valence-electron chi connectivity index (χ3n) is 2.96. The van der Waals surface area contributed by atoms with E-state index < -0.39 is 18.0 Å². The molecule has 0 unspecified atom stereocenters. The molecule has 6 nitrogen and oxygen atoms in total. The van der Waals surface area contributed by atoms with Crippen molar-refractivity contribution in [2.75, 3.05) is 18.1 Å². The van der Waals surface area contributed by atoms with Crippen molar-refractivity contribution in [3.05, 3.63) is 34.9 Å². The number of para-hydroxylation sites is 1. The summed E-state index contributed by atoms with van der Waals surface area (Å²) in [5.41, 5.74) is 0.644. The van der Waals surface area contributed by atoms with Gasteiger partial charge in [0.1, 0.15) is 5.03 Å². The smallest absolute Gasteiger partial charge is 0.421 e. The average Bonchev–Trinajstić information content (AvgIpc) is 2.79.